The zero-order valence-corrected chi connectivity index (χ0v) is 22.1. The van der Waals surface area contributed by atoms with Gasteiger partial charge in [0.2, 0.25) is 0 Å². The van der Waals surface area contributed by atoms with Crippen LogP contribution in [0, 0.1) is 21.7 Å². The number of ether oxygens (including phenoxy) is 2. The lowest BCUT2D eigenvalue weighted by Crippen LogP contribution is -2.17. The Morgan fingerprint density at radius 3 is 1.28 bits per heavy atom. The Morgan fingerprint density at radius 1 is 0.621 bits per heavy atom. The first kappa shape index (κ1) is 26.1. The van der Waals surface area contributed by atoms with E-state index >= 15 is 0 Å². The van der Waals surface area contributed by atoms with Gasteiger partial charge >= 0.3 is 0 Å². The Morgan fingerprint density at radius 2 is 1.00 bits per heavy atom. The van der Waals surface area contributed by atoms with E-state index < -0.39 is 0 Å². The lowest BCUT2D eigenvalue weighted by molar-refractivity contribution is 0.1000. The summed E-state index contributed by atoms with van der Waals surface area (Å²) in [6, 6.07) is 0. The standard InChI is InChI=1S/C14H26O.C13H24O/c1-8-10-9-11(13(2,3)4)12(15-10)14(5,6)7;1-9-8-10(12(2,3)4)11(14-9)13(5,6)7/h10H,8-9H2,1-7H3;9H,8H2,1-7H3. The molecule has 170 valence electrons. The molecule has 0 bridgehead atoms. The summed E-state index contributed by atoms with van der Waals surface area (Å²) in [6.45, 7) is 31.5. The SMILES string of the molecule is CC1CC(C(C)(C)C)=C(C(C)(C)C)O1.CCC1CC(C(C)(C)C)=C(C(C)(C)C)O1. The van der Waals surface area contributed by atoms with Gasteiger partial charge in [0.1, 0.15) is 17.6 Å². The molecule has 0 aromatic rings. The van der Waals surface area contributed by atoms with Gasteiger partial charge in [0, 0.05) is 23.7 Å². The average molecular weight is 407 g/mol. The highest BCUT2D eigenvalue weighted by atomic mass is 16.5. The number of allylic oxidation sites excluding steroid dienone is 2. The molecule has 0 saturated carbocycles. The van der Waals surface area contributed by atoms with Crippen molar-refractivity contribution < 1.29 is 9.47 Å². The van der Waals surface area contributed by atoms with Gasteiger partial charge in [-0.15, -0.1) is 0 Å². The first-order chi connectivity index (χ1) is 12.8. The molecular weight excluding hydrogens is 356 g/mol. The van der Waals surface area contributed by atoms with Crippen molar-refractivity contribution in [2.45, 2.75) is 128 Å². The summed E-state index contributed by atoms with van der Waals surface area (Å²) in [6.07, 6.45) is 4.09. The van der Waals surface area contributed by atoms with Crippen molar-refractivity contribution in [2.24, 2.45) is 21.7 Å². The van der Waals surface area contributed by atoms with E-state index in [4.69, 9.17) is 9.47 Å². The fourth-order valence-electron chi connectivity index (χ4n) is 4.07. The van der Waals surface area contributed by atoms with Crippen LogP contribution in [0.3, 0.4) is 0 Å². The summed E-state index contributed by atoms with van der Waals surface area (Å²) in [5, 5.41) is 0. The normalized spacial score (nSPS) is 23.7. The van der Waals surface area contributed by atoms with Crippen molar-refractivity contribution in [2.75, 3.05) is 0 Å². The molecule has 0 aliphatic carbocycles. The Kier molecular flexibility index (Phi) is 7.81. The van der Waals surface area contributed by atoms with Crippen molar-refractivity contribution >= 4 is 0 Å². The van der Waals surface area contributed by atoms with Crippen molar-refractivity contribution in [3.8, 4) is 0 Å². The van der Waals surface area contributed by atoms with Crippen LogP contribution in [-0.2, 0) is 9.47 Å². The van der Waals surface area contributed by atoms with E-state index in [0.717, 1.165) is 19.3 Å². The number of rotatable bonds is 1. The molecule has 0 aromatic carbocycles. The molecule has 2 heteroatoms. The van der Waals surface area contributed by atoms with Crippen LogP contribution >= 0.6 is 0 Å². The zero-order valence-electron chi connectivity index (χ0n) is 22.1. The van der Waals surface area contributed by atoms with E-state index in [9.17, 15) is 0 Å². The first-order valence-electron chi connectivity index (χ1n) is 11.6. The molecule has 0 N–H and O–H groups in total. The summed E-state index contributed by atoms with van der Waals surface area (Å²) in [5.74, 6) is 2.46. The van der Waals surface area contributed by atoms with Crippen LogP contribution in [0.4, 0.5) is 0 Å². The van der Waals surface area contributed by atoms with Gasteiger partial charge in [0.15, 0.2) is 0 Å². The summed E-state index contributed by atoms with van der Waals surface area (Å²) in [7, 11) is 0. The fourth-order valence-corrected chi connectivity index (χ4v) is 4.07. The van der Waals surface area contributed by atoms with Crippen molar-refractivity contribution in [3.63, 3.8) is 0 Å². The van der Waals surface area contributed by atoms with Gasteiger partial charge in [-0.3, -0.25) is 0 Å². The Hall–Kier alpha value is -0.920. The second-order valence-corrected chi connectivity index (χ2v) is 13.1. The van der Waals surface area contributed by atoms with Crippen LogP contribution in [0.5, 0.6) is 0 Å². The minimum atomic E-state index is 0.145. The highest BCUT2D eigenvalue weighted by Gasteiger charge is 2.37. The largest absolute Gasteiger partial charge is 0.494 e. The molecule has 0 amide bonds. The first-order valence-corrected chi connectivity index (χ1v) is 11.6. The quantitative estimate of drug-likeness (QED) is 0.433. The van der Waals surface area contributed by atoms with Gasteiger partial charge in [0.05, 0.1) is 6.10 Å². The van der Waals surface area contributed by atoms with E-state index in [1.165, 1.54) is 22.7 Å². The maximum atomic E-state index is 6.09. The van der Waals surface area contributed by atoms with Gasteiger partial charge < -0.3 is 9.47 Å². The molecule has 0 radical (unpaired) electrons. The molecule has 0 spiro atoms. The molecule has 2 unspecified atom stereocenters. The van der Waals surface area contributed by atoms with Crippen LogP contribution in [0.2, 0.25) is 0 Å². The number of hydrogen-bond acceptors (Lipinski definition) is 2. The minimum absolute atomic E-state index is 0.145. The van der Waals surface area contributed by atoms with E-state index in [2.05, 4.69) is 96.9 Å². The highest BCUT2D eigenvalue weighted by Crippen LogP contribution is 2.46. The van der Waals surface area contributed by atoms with Crippen LogP contribution in [-0.4, -0.2) is 12.2 Å². The van der Waals surface area contributed by atoms with Crippen LogP contribution in [0.25, 0.3) is 0 Å². The Labute approximate surface area is 182 Å². The Bertz CT molecular complexity index is 569. The van der Waals surface area contributed by atoms with Gasteiger partial charge in [-0.1, -0.05) is 90.0 Å². The van der Waals surface area contributed by atoms with Crippen molar-refractivity contribution in [1.82, 2.24) is 0 Å². The third-order valence-corrected chi connectivity index (χ3v) is 5.70. The van der Waals surface area contributed by atoms with Gasteiger partial charge in [-0.2, -0.15) is 0 Å². The molecule has 29 heavy (non-hydrogen) atoms. The molecule has 2 nitrogen and oxygen atoms in total. The minimum Gasteiger partial charge on any atom is -0.494 e. The smallest absolute Gasteiger partial charge is 0.102 e. The molecule has 2 aliphatic heterocycles. The van der Waals surface area contributed by atoms with Crippen LogP contribution < -0.4 is 0 Å². The van der Waals surface area contributed by atoms with Crippen LogP contribution in [0.15, 0.2) is 22.7 Å². The highest BCUT2D eigenvalue weighted by molar-refractivity contribution is 5.25. The number of hydrogen-bond donors (Lipinski definition) is 0. The van der Waals surface area contributed by atoms with E-state index in [1.54, 1.807) is 0 Å². The summed E-state index contributed by atoms with van der Waals surface area (Å²) < 4.78 is 12.0. The molecule has 0 fully saturated rings. The van der Waals surface area contributed by atoms with E-state index in [1.807, 2.05) is 0 Å². The average Bonchev–Trinajstić information content (AvgIpc) is 3.09. The third-order valence-electron chi connectivity index (χ3n) is 5.70. The van der Waals surface area contributed by atoms with E-state index in [-0.39, 0.29) is 21.7 Å². The van der Waals surface area contributed by atoms with Crippen molar-refractivity contribution in [1.29, 1.82) is 0 Å². The molecule has 2 atom stereocenters. The maximum Gasteiger partial charge on any atom is 0.102 e. The van der Waals surface area contributed by atoms with Crippen molar-refractivity contribution in [3.05, 3.63) is 22.7 Å². The predicted molar refractivity (Wildman–Crippen MR) is 127 cm³/mol. The molecule has 0 aromatic heterocycles. The topological polar surface area (TPSA) is 18.5 Å². The van der Waals surface area contributed by atoms with Gasteiger partial charge in [-0.25, -0.2) is 0 Å². The van der Waals surface area contributed by atoms with E-state index in [0.29, 0.717) is 12.2 Å². The molecule has 2 heterocycles. The van der Waals surface area contributed by atoms with Gasteiger partial charge in [0.25, 0.3) is 0 Å². The molecule has 2 rings (SSSR count). The molecule has 0 saturated heterocycles. The summed E-state index contributed by atoms with van der Waals surface area (Å²) >= 11 is 0. The second-order valence-electron chi connectivity index (χ2n) is 13.1. The zero-order chi connectivity index (χ0) is 23.0. The lowest BCUT2D eigenvalue weighted by atomic mass is 9.79. The predicted octanol–water partition coefficient (Wildman–Crippen LogP) is 8.67. The third kappa shape index (κ3) is 7.07. The fraction of sp³-hybridized carbons (Fsp3) is 0.852. The molecular formula is C27H50O2. The summed E-state index contributed by atoms with van der Waals surface area (Å²) in [4.78, 5) is 0. The maximum absolute atomic E-state index is 6.09. The van der Waals surface area contributed by atoms with Crippen LogP contribution in [0.1, 0.15) is 116 Å². The Balaban J connectivity index is 0.000000291. The lowest BCUT2D eigenvalue weighted by Gasteiger charge is -2.27. The van der Waals surface area contributed by atoms with Gasteiger partial charge in [-0.05, 0) is 35.3 Å². The second kappa shape index (κ2) is 8.67. The molecule has 2 aliphatic rings. The monoisotopic (exact) mass is 406 g/mol. The summed E-state index contributed by atoms with van der Waals surface area (Å²) in [5.41, 5.74) is 3.79.